The molecular formula is C79H52Br2N4. The van der Waals surface area contributed by atoms with Crippen LogP contribution in [0.5, 0.6) is 0 Å². The Balaban J connectivity index is 0.727. The second-order valence-corrected chi connectivity index (χ2v) is 24.7. The molecule has 0 unspecified atom stereocenters. The number of hydrogen-bond acceptors (Lipinski definition) is 2. The SMILES string of the molecule is CC1(C)c2cc(-c3cccc(-c4cc(-c5ccccc5)nc(-c5ccc(-n6c7ccccc7c7cc(-c8ccc(Br)cc8)ccc76)cc5)n4)c3)ccc2-c2ccc(-c3ccc4c(c3)c3cc(-c5ccc(Br)cc5)ccc3n4-c3ccccc3)cc21. The number of rotatable bonds is 9. The van der Waals surface area contributed by atoms with E-state index in [0.717, 1.165) is 65.0 Å². The van der Waals surface area contributed by atoms with Gasteiger partial charge in [0, 0.05) is 64.0 Å². The summed E-state index contributed by atoms with van der Waals surface area (Å²) in [7, 11) is 0. The number of hydrogen-bond donors (Lipinski definition) is 0. The number of para-hydroxylation sites is 2. The quantitative estimate of drug-likeness (QED) is 0.144. The largest absolute Gasteiger partial charge is 0.309 e. The topological polar surface area (TPSA) is 35.6 Å². The van der Waals surface area contributed by atoms with Crippen molar-refractivity contribution in [1.82, 2.24) is 19.1 Å². The van der Waals surface area contributed by atoms with E-state index in [2.05, 4.69) is 328 Å². The smallest absolute Gasteiger partial charge is 0.160 e. The molecule has 1 aliphatic carbocycles. The van der Waals surface area contributed by atoms with Gasteiger partial charge in [0.2, 0.25) is 0 Å². The molecule has 12 aromatic carbocycles. The Kier molecular flexibility index (Phi) is 12.2. The highest BCUT2D eigenvalue weighted by Crippen LogP contribution is 2.51. The van der Waals surface area contributed by atoms with Gasteiger partial charge in [0.05, 0.1) is 33.5 Å². The normalized spacial score (nSPS) is 12.6. The van der Waals surface area contributed by atoms with Crippen LogP contribution in [0.2, 0.25) is 0 Å². The summed E-state index contributed by atoms with van der Waals surface area (Å²) in [6.45, 7) is 4.76. The van der Waals surface area contributed by atoms with Crippen molar-refractivity contribution in [1.29, 1.82) is 0 Å². The first-order chi connectivity index (χ1) is 41.7. The van der Waals surface area contributed by atoms with Crippen molar-refractivity contribution >= 4 is 75.5 Å². The molecular weight excluding hydrogens is 1160 g/mol. The molecule has 0 atom stereocenters. The number of aromatic nitrogens is 4. The monoisotopic (exact) mass is 1210 g/mol. The third-order valence-electron chi connectivity index (χ3n) is 17.5. The fourth-order valence-corrected chi connectivity index (χ4v) is 13.7. The first-order valence-corrected chi connectivity index (χ1v) is 30.4. The summed E-state index contributed by atoms with van der Waals surface area (Å²) in [4.78, 5) is 10.6. The summed E-state index contributed by atoms with van der Waals surface area (Å²) < 4.78 is 6.91. The summed E-state index contributed by atoms with van der Waals surface area (Å²) in [5.41, 5.74) is 26.2. The molecule has 16 rings (SSSR count). The van der Waals surface area contributed by atoms with E-state index in [1.165, 1.54) is 93.8 Å². The Morgan fingerprint density at radius 3 is 1.24 bits per heavy atom. The van der Waals surface area contributed by atoms with Gasteiger partial charge in [0.15, 0.2) is 5.82 Å². The lowest BCUT2D eigenvalue weighted by Crippen LogP contribution is -2.15. The van der Waals surface area contributed by atoms with E-state index in [-0.39, 0.29) is 5.41 Å². The molecule has 0 bridgehead atoms. The molecule has 0 fully saturated rings. The number of nitrogens with zero attached hydrogens (tertiary/aromatic N) is 4. The predicted molar refractivity (Wildman–Crippen MR) is 362 cm³/mol. The Hall–Kier alpha value is -9.72. The summed E-state index contributed by atoms with van der Waals surface area (Å²) in [6, 6.07) is 101. The molecule has 402 valence electrons. The lowest BCUT2D eigenvalue weighted by Gasteiger charge is -2.23. The fourth-order valence-electron chi connectivity index (χ4n) is 13.1. The number of benzene rings is 12. The minimum atomic E-state index is -0.242. The maximum Gasteiger partial charge on any atom is 0.160 e. The highest BCUT2D eigenvalue weighted by Gasteiger charge is 2.36. The minimum Gasteiger partial charge on any atom is -0.309 e. The Morgan fingerprint density at radius 2 is 0.671 bits per heavy atom. The standard InChI is InChI=1S/C79H52Br2N4/c1-79(2)70-46-57(26-37-64(70)65-38-27-58(47-71(65)79)56-30-41-77-69(45-56)68-44-55(50-22-33-61(81)34-23-50)29-40-76(68)84(77)62-16-7-4-8-17-62)53-14-11-15-59(42-53)73-48-72(51-12-5-3-6-13-51)82-78(83-73)52-24-35-63(36-25-52)85-74-19-10-9-18-66(74)67-43-54(28-39-75(67)85)49-20-31-60(80)32-21-49/h3-48H,1-2H3. The first-order valence-electron chi connectivity index (χ1n) is 28.8. The van der Waals surface area contributed by atoms with Crippen molar-refractivity contribution in [2.75, 3.05) is 0 Å². The molecule has 0 aliphatic heterocycles. The molecule has 0 spiro atoms. The van der Waals surface area contributed by atoms with Crippen LogP contribution in [0.4, 0.5) is 0 Å². The Bertz CT molecular complexity index is 5140. The molecule has 6 heteroatoms. The lowest BCUT2D eigenvalue weighted by atomic mass is 9.80. The molecule has 85 heavy (non-hydrogen) atoms. The third-order valence-corrected chi connectivity index (χ3v) is 18.5. The van der Waals surface area contributed by atoms with Crippen LogP contribution in [-0.4, -0.2) is 19.1 Å². The van der Waals surface area contributed by atoms with Gasteiger partial charge in [-0.3, -0.25) is 0 Å². The third kappa shape index (κ3) is 8.78. The lowest BCUT2D eigenvalue weighted by molar-refractivity contribution is 0.661. The van der Waals surface area contributed by atoms with Crippen LogP contribution >= 0.6 is 31.9 Å². The zero-order valence-corrected chi connectivity index (χ0v) is 49.8. The predicted octanol–water partition coefficient (Wildman–Crippen LogP) is 22.2. The Morgan fingerprint density at radius 1 is 0.282 bits per heavy atom. The average Bonchev–Trinajstić information content (AvgIpc) is 1.85. The van der Waals surface area contributed by atoms with Gasteiger partial charge in [0.1, 0.15) is 0 Å². The van der Waals surface area contributed by atoms with Gasteiger partial charge < -0.3 is 9.13 Å². The van der Waals surface area contributed by atoms with E-state index in [1.807, 2.05) is 6.07 Å². The highest BCUT2D eigenvalue weighted by molar-refractivity contribution is 9.10. The zero-order valence-electron chi connectivity index (χ0n) is 46.6. The molecule has 0 saturated carbocycles. The van der Waals surface area contributed by atoms with Crippen LogP contribution in [-0.2, 0) is 5.41 Å². The van der Waals surface area contributed by atoms with Crippen molar-refractivity contribution in [2.45, 2.75) is 19.3 Å². The first kappa shape index (κ1) is 51.0. The van der Waals surface area contributed by atoms with Crippen LogP contribution < -0.4 is 0 Å². The second-order valence-electron chi connectivity index (χ2n) is 22.8. The van der Waals surface area contributed by atoms with Crippen molar-refractivity contribution in [3.8, 4) is 101 Å². The molecule has 1 aliphatic rings. The molecule has 3 aromatic heterocycles. The molecule has 4 nitrogen and oxygen atoms in total. The molecule has 0 radical (unpaired) electrons. The van der Waals surface area contributed by atoms with E-state index in [9.17, 15) is 0 Å². The maximum absolute atomic E-state index is 5.35. The molecule has 3 heterocycles. The van der Waals surface area contributed by atoms with Gasteiger partial charge >= 0.3 is 0 Å². The average molecular weight is 1220 g/mol. The molecule has 0 amide bonds. The van der Waals surface area contributed by atoms with Crippen LogP contribution in [0, 0.1) is 0 Å². The van der Waals surface area contributed by atoms with Crippen LogP contribution in [0.25, 0.3) is 145 Å². The van der Waals surface area contributed by atoms with Crippen molar-refractivity contribution in [3.63, 3.8) is 0 Å². The number of halogens is 2. The second kappa shape index (κ2) is 20.3. The highest BCUT2D eigenvalue weighted by atomic mass is 79.9. The summed E-state index contributed by atoms with van der Waals surface area (Å²) in [5, 5.41) is 4.90. The van der Waals surface area contributed by atoms with Gasteiger partial charge in [-0.15, -0.1) is 0 Å². The zero-order chi connectivity index (χ0) is 56.9. The summed E-state index contributed by atoms with van der Waals surface area (Å²) in [6.07, 6.45) is 0. The van der Waals surface area contributed by atoms with Crippen molar-refractivity contribution in [2.24, 2.45) is 0 Å². The van der Waals surface area contributed by atoms with Crippen molar-refractivity contribution < 1.29 is 0 Å². The van der Waals surface area contributed by atoms with Gasteiger partial charge in [-0.1, -0.05) is 197 Å². The fraction of sp³-hybridized carbons (Fsp3) is 0.0380. The van der Waals surface area contributed by atoms with Gasteiger partial charge in [-0.05, 0) is 194 Å². The van der Waals surface area contributed by atoms with Gasteiger partial charge in [-0.2, -0.15) is 0 Å². The maximum atomic E-state index is 5.35. The van der Waals surface area contributed by atoms with Gasteiger partial charge in [0.25, 0.3) is 0 Å². The van der Waals surface area contributed by atoms with Crippen molar-refractivity contribution in [3.05, 3.63) is 299 Å². The Labute approximate surface area is 510 Å². The minimum absolute atomic E-state index is 0.242. The van der Waals surface area contributed by atoms with Crippen LogP contribution in [0.15, 0.2) is 288 Å². The van der Waals surface area contributed by atoms with E-state index in [1.54, 1.807) is 0 Å². The molecule has 15 aromatic rings. The van der Waals surface area contributed by atoms with E-state index in [4.69, 9.17) is 9.97 Å². The van der Waals surface area contributed by atoms with E-state index in [0.29, 0.717) is 5.82 Å². The summed E-state index contributed by atoms with van der Waals surface area (Å²) >= 11 is 7.23. The van der Waals surface area contributed by atoms with E-state index >= 15 is 0 Å². The number of fused-ring (bicyclic) bond motifs is 9. The summed E-state index contributed by atoms with van der Waals surface area (Å²) in [5.74, 6) is 0.677. The molecule has 0 N–H and O–H groups in total. The molecule has 0 saturated heterocycles. The van der Waals surface area contributed by atoms with Crippen LogP contribution in [0.1, 0.15) is 25.0 Å². The van der Waals surface area contributed by atoms with Gasteiger partial charge in [-0.25, -0.2) is 9.97 Å². The van der Waals surface area contributed by atoms with E-state index < -0.39 is 0 Å². The van der Waals surface area contributed by atoms with Crippen LogP contribution in [0.3, 0.4) is 0 Å².